The van der Waals surface area contributed by atoms with Gasteiger partial charge in [-0.25, -0.2) is 14.6 Å². The Morgan fingerprint density at radius 2 is 1.68 bits per heavy atom. The lowest BCUT2D eigenvalue weighted by molar-refractivity contribution is -0.132. The van der Waals surface area contributed by atoms with Crippen LogP contribution in [0.25, 0.3) is 10.9 Å². The van der Waals surface area contributed by atoms with Gasteiger partial charge in [-0.15, -0.1) is 0 Å². The molecule has 2 N–H and O–H groups in total. The fourth-order valence-electron chi connectivity index (χ4n) is 5.24. The summed E-state index contributed by atoms with van der Waals surface area (Å²) in [5, 5.41) is 6.08. The van der Waals surface area contributed by atoms with Crippen molar-refractivity contribution >= 4 is 40.8 Å². The molecule has 2 aliphatic heterocycles. The number of likely N-dealkylation sites (tertiary alicyclic amines) is 1. The van der Waals surface area contributed by atoms with E-state index in [4.69, 9.17) is 14.2 Å². The third-order valence-electron chi connectivity index (χ3n) is 7.79. The molecule has 14 heteroatoms. The molecule has 256 valence electrons. The SMILES string of the molecule is CCCCOC(=O)N1CCN(C(=O)CNC(=O)c2cc(OCC(=O)N3CC[C@@H](NC(=O)OC(C)(C)C)C3)c3ccc(C)cc3n2)CC1. The first kappa shape index (κ1) is 35.2. The maximum absolute atomic E-state index is 13.1. The van der Waals surface area contributed by atoms with Crippen molar-refractivity contribution in [1.82, 2.24) is 30.3 Å². The molecular weight excluding hydrogens is 608 g/mol. The number of hydrogen-bond acceptors (Lipinski definition) is 9. The average molecular weight is 655 g/mol. The van der Waals surface area contributed by atoms with Crippen molar-refractivity contribution < 1.29 is 38.2 Å². The van der Waals surface area contributed by atoms with E-state index in [0.717, 1.165) is 18.4 Å². The average Bonchev–Trinajstić information content (AvgIpc) is 3.49. The number of nitrogens with zero attached hydrogens (tertiary/aromatic N) is 4. The number of fused-ring (bicyclic) bond motifs is 1. The van der Waals surface area contributed by atoms with Crippen molar-refractivity contribution in [2.75, 3.05) is 59.0 Å². The largest absolute Gasteiger partial charge is 0.483 e. The van der Waals surface area contributed by atoms with Crippen molar-refractivity contribution in [3.63, 3.8) is 0 Å². The Hall–Kier alpha value is -4.62. The van der Waals surface area contributed by atoms with Crippen molar-refractivity contribution in [2.24, 2.45) is 0 Å². The monoisotopic (exact) mass is 654 g/mol. The van der Waals surface area contributed by atoms with Gasteiger partial charge in [0.25, 0.3) is 11.8 Å². The fourth-order valence-corrected chi connectivity index (χ4v) is 5.24. The molecule has 0 saturated carbocycles. The number of aryl methyl sites for hydroxylation is 1. The van der Waals surface area contributed by atoms with Gasteiger partial charge in [-0.05, 0) is 58.2 Å². The number of hydrogen-bond donors (Lipinski definition) is 2. The van der Waals surface area contributed by atoms with E-state index in [-0.39, 0.29) is 42.8 Å². The number of benzene rings is 1. The number of nitrogens with one attached hydrogen (secondary N) is 2. The topological polar surface area (TPSA) is 160 Å². The Morgan fingerprint density at radius 3 is 2.38 bits per heavy atom. The normalized spacial score (nSPS) is 16.5. The minimum absolute atomic E-state index is 0.0424. The second-order valence-electron chi connectivity index (χ2n) is 12.8. The molecule has 2 fully saturated rings. The molecule has 14 nitrogen and oxygen atoms in total. The Bertz CT molecular complexity index is 1470. The summed E-state index contributed by atoms with van der Waals surface area (Å²) in [4.78, 5) is 72.6. The van der Waals surface area contributed by atoms with E-state index in [1.54, 1.807) is 35.5 Å². The molecule has 0 aliphatic carbocycles. The molecule has 2 aliphatic rings. The van der Waals surface area contributed by atoms with E-state index in [1.165, 1.54) is 6.07 Å². The number of rotatable bonds is 10. The summed E-state index contributed by atoms with van der Waals surface area (Å²) < 4.78 is 16.5. The first-order valence-electron chi connectivity index (χ1n) is 16.1. The van der Waals surface area contributed by atoms with Crippen LogP contribution in [0, 0.1) is 6.92 Å². The molecule has 3 heterocycles. The van der Waals surface area contributed by atoms with Crippen LogP contribution in [0.5, 0.6) is 5.75 Å². The van der Waals surface area contributed by atoms with E-state index in [1.807, 2.05) is 32.0 Å². The molecule has 5 amide bonds. The zero-order chi connectivity index (χ0) is 34.1. The zero-order valence-corrected chi connectivity index (χ0v) is 27.9. The van der Waals surface area contributed by atoms with Gasteiger partial charge < -0.3 is 39.5 Å². The van der Waals surface area contributed by atoms with E-state index in [9.17, 15) is 24.0 Å². The highest BCUT2D eigenvalue weighted by Gasteiger charge is 2.30. The molecule has 1 atom stereocenters. The molecule has 1 aromatic carbocycles. The van der Waals surface area contributed by atoms with E-state index >= 15 is 0 Å². The van der Waals surface area contributed by atoms with Gasteiger partial charge in [0, 0.05) is 50.7 Å². The molecule has 1 aromatic heterocycles. The van der Waals surface area contributed by atoms with Crippen LogP contribution in [-0.2, 0) is 19.1 Å². The predicted molar refractivity (Wildman–Crippen MR) is 173 cm³/mol. The fraction of sp³-hybridized carbons (Fsp3) is 0.576. The van der Waals surface area contributed by atoms with Gasteiger partial charge in [-0.3, -0.25) is 14.4 Å². The van der Waals surface area contributed by atoms with Crippen LogP contribution in [-0.4, -0.2) is 120 Å². The lowest BCUT2D eigenvalue weighted by Crippen LogP contribution is -2.52. The van der Waals surface area contributed by atoms with Crippen LogP contribution in [0.2, 0.25) is 0 Å². The first-order valence-corrected chi connectivity index (χ1v) is 16.1. The molecule has 0 bridgehead atoms. The molecule has 2 saturated heterocycles. The predicted octanol–water partition coefficient (Wildman–Crippen LogP) is 2.86. The summed E-state index contributed by atoms with van der Waals surface area (Å²) in [5.74, 6) is -0.793. The molecule has 0 spiro atoms. The third kappa shape index (κ3) is 10.2. The van der Waals surface area contributed by atoms with E-state index in [0.29, 0.717) is 68.9 Å². The highest BCUT2D eigenvalue weighted by molar-refractivity contribution is 5.98. The van der Waals surface area contributed by atoms with Gasteiger partial charge in [-0.1, -0.05) is 19.4 Å². The van der Waals surface area contributed by atoms with Gasteiger partial charge in [0.1, 0.15) is 17.0 Å². The van der Waals surface area contributed by atoms with E-state index < -0.39 is 17.6 Å². The van der Waals surface area contributed by atoms with Gasteiger partial charge in [0.2, 0.25) is 5.91 Å². The van der Waals surface area contributed by atoms with Crippen molar-refractivity contribution in [3.05, 3.63) is 35.5 Å². The summed E-state index contributed by atoms with van der Waals surface area (Å²) in [6, 6.07) is 6.75. The minimum Gasteiger partial charge on any atom is -0.483 e. The van der Waals surface area contributed by atoms with Crippen LogP contribution < -0.4 is 15.4 Å². The number of carbonyl (C=O) groups is 5. The number of alkyl carbamates (subject to hydrolysis) is 1. The summed E-state index contributed by atoms with van der Waals surface area (Å²) in [5.41, 5.74) is 0.857. The summed E-state index contributed by atoms with van der Waals surface area (Å²) >= 11 is 0. The lowest BCUT2D eigenvalue weighted by atomic mass is 10.1. The Labute approximate surface area is 275 Å². The second-order valence-corrected chi connectivity index (χ2v) is 12.8. The van der Waals surface area contributed by atoms with Gasteiger partial charge in [0.15, 0.2) is 6.61 Å². The van der Waals surface area contributed by atoms with Gasteiger partial charge in [-0.2, -0.15) is 0 Å². The van der Waals surface area contributed by atoms with Crippen molar-refractivity contribution in [3.8, 4) is 5.75 Å². The lowest BCUT2D eigenvalue weighted by Gasteiger charge is -2.34. The number of unbranched alkanes of at least 4 members (excludes halogenated alkanes) is 1. The summed E-state index contributed by atoms with van der Waals surface area (Å²) in [7, 11) is 0. The molecule has 47 heavy (non-hydrogen) atoms. The Morgan fingerprint density at radius 1 is 0.957 bits per heavy atom. The molecule has 4 rings (SSSR count). The Balaban J connectivity index is 1.32. The maximum Gasteiger partial charge on any atom is 0.409 e. The number of ether oxygens (including phenoxy) is 3. The van der Waals surface area contributed by atoms with E-state index in [2.05, 4.69) is 15.6 Å². The molecule has 2 aromatic rings. The quantitative estimate of drug-likeness (QED) is 0.367. The standard InChI is InChI=1S/C33H46N6O8/c1-6-7-16-45-32(44)38-14-12-37(13-15-38)28(40)19-34-30(42)26-18-27(24-9-8-22(2)17-25(24)36-26)46-21-29(41)39-11-10-23(20-39)35-31(43)47-33(3,4)5/h8-9,17-18,23H,6-7,10-16,19-21H2,1-5H3,(H,34,42)(H,35,43)/t23-/m1/s1. The van der Waals surface area contributed by atoms with Crippen molar-refractivity contribution in [2.45, 2.75) is 65.5 Å². The Kier molecular flexibility index (Phi) is 11.8. The highest BCUT2D eigenvalue weighted by atomic mass is 16.6. The maximum atomic E-state index is 13.1. The number of amides is 5. The molecule has 0 unspecified atom stereocenters. The number of carbonyl (C=O) groups excluding carboxylic acids is 5. The number of piperazine rings is 1. The van der Waals surface area contributed by atoms with Crippen LogP contribution in [0.4, 0.5) is 9.59 Å². The molecular formula is C33H46N6O8. The van der Waals surface area contributed by atoms with Crippen LogP contribution in [0.15, 0.2) is 24.3 Å². The summed E-state index contributed by atoms with van der Waals surface area (Å²) in [6.45, 7) is 11.3. The van der Waals surface area contributed by atoms with Crippen LogP contribution in [0.1, 0.15) is 63.0 Å². The number of aromatic nitrogens is 1. The van der Waals surface area contributed by atoms with Crippen molar-refractivity contribution in [1.29, 1.82) is 0 Å². The molecule has 0 radical (unpaired) electrons. The van der Waals surface area contributed by atoms with Crippen LogP contribution in [0.3, 0.4) is 0 Å². The zero-order valence-electron chi connectivity index (χ0n) is 27.9. The number of pyridine rings is 1. The second kappa shape index (κ2) is 15.8. The van der Waals surface area contributed by atoms with Gasteiger partial charge in [0.05, 0.1) is 24.7 Å². The smallest absolute Gasteiger partial charge is 0.409 e. The van der Waals surface area contributed by atoms with Crippen LogP contribution >= 0.6 is 0 Å². The minimum atomic E-state index is -0.620. The highest BCUT2D eigenvalue weighted by Crippen LogP contribution is 2.27. The van der Waals surface area contributed by atoms with Gasteiger partial charge >= 0.3 is 12.2 Å². The first-order chi connectivity index (χ1) is 22.3. The third-order valence-corrected chi connectivity index (χ3v) is 7.79. The summed E-state index contributed by atoms with van der Waals surface area (Å²) in [6.07, 6.45) is 1.42.